The lowest BCUT2D eigenvalue weighted by atomic mass is 9.96. The minimum atomic E-state index is -0.411. The van der Waals surface area contributed by atoms with Crippen LogP contribution in [0.1, 0.15) is 0 Å². The molecule has 0 unspecified atom stereocenters. The number of aromatic nitrogens is 2. The van der Waals surface area contributed by atoms with Crippen molar-refractivity contribution < 1.29 is 0 Å². The van der Waals surface area contributed by atoms with Crippen molar-refractivity contribution in [2.75, 3.05) is 4.90 Å². The lowest BCUT2D eigenvalue weighted by Gasteiger charge is -2.26. The van der Waals surface area contributed by atoms with Crippen LogP contribution in [0.15, 0.2) is 222 Å². The van der Waals surface area contributed by atoms with Gasteiger partial charge in [0.2, 0.25) is 0 Å². The Balaban J connectivity index is 1.05. The summed E-state index contributed by atoms with van der Waals surface area (Å²) in [6.07, 6.45) is 0. The van der Waals surface area contributed by atoms with Crippen LogP contribution in [0.4, 0.5) is 17.1 Å². The van der Waals surface area contributed by atoms with Crippen LogP contribution < -0.4 is 16.1 Å². The monoisotopic (exact) mass is 733 g/mol. The molecule has 0 saturated carbocycles. The van der Waals surface area contributed by atoms with Crippen LogP contribution in [0, 0.1) is 0 Å². The van der Waals surface area contributed by atoms with Crippen LogP contribution in [0.25, 0.3) is 66.3 Å². The highest BCUT2D eigenvalue weighted by molar-refractivity contribution is 6.11. The summed E-state index contributed by atoms with van der Waals surface area (Å²) < 4.78 is 3.01. The number of rotatable bonds is 7. The van der Waals surface area contributed by atoms with Crippen molar-refractivity contribution in [2.45, 2.75) is 0 Å². The van der Waals surface area contributed by atoms with E-state index < -0.39 is 5.69 Å². The first-order chi connectivity index (χ1) is 28.1. The van der Waals surface area contributed by atoms with Crippen LogP contribution in [0.5, 0.6) is 0 Å². The fourth-order valence-corrected chi connectivity index (χ4v) is 8.07. The third-order valence-corrected chi connectivity index (χ3v) is 10.8. The number of nitrogens with zero attached hydrogens (tertiary/aromatic N) is 3. The molecule has 0 atom stereocenters. The van der Waals surface area contributed by atoms with E-state index in [2.05, 4.69) is 102 Å². The summed E-state index contributed by atoms with van der Waals surface area (Å²) in [5.74, 6) is 0. The summed E-state index contributed by atoms with van der Waals surface area (Å²) in [5.41, 5.74) is 10.6. The van der Waals surface area contributed by atoms with E-state index in [1.165, 1.54) is 15.5 Å². The van der Waals surface area contributed by atoms with Crippen molar-refractivity contribution in [1.82, 2.24) is 8.97 Å². The van der Waals surface area contributed by atoms with Gasteiger partial charge in [0.25, 0.3) is 5.56 Å². The molecule has 0 N–H and O–H groups in total. The molecule has 0 spiro atoms. The average molecular weight is 734 g/mol. The number of fused-ring (bicyclic) bond motifs is 4. The van der Waals surface area contributed by atoms with Gasteiger partial charge in [-0.05, 0) is 93.9 Å². The maximum absolute atomic E-state index is 14.7. The first-order valence-corrected chi connectivity index (χ1v) is 19.0. The first kappa shape index (κ1) is 33.8. The van der Waals surface area contributed by atoms with E-state index in [-0.39, 0.29) is 5.56 Å². The van der Waals surface area contributed by atoms with E-state index in [1.807, 2.05) is 109 Å². The van der Waals surface area contributed by atoms with Crippen LogP contribution >= 0.6 is 0 Å². The fourth-order valence-electron chi connectivity index (χ4n) is 8.07. The Morgan fingerprint density at radius 1 is 0.351 bits per heavy atom. The van der Waals surface area contributed by atoms with Gasteiger partial charge in [0.05, 0.1) is 16.7 Å². The standard InChI is InChI=1S/C52H35N3O2/c56-51-46-21-11-10-20-45(46)49(40-16-6-2-7-17-40)50-47-22-12-13-23-48(47)54(52(57)55(50)51)44-34-28-39(29-35-44)38-26-32-43(33-27-38)53(41-18-8-3-9-19-41)42-30-24-37(25-31-42)36-14-4-1-5-15-36/h1-35H. The Bertz CT molecular complexity index is 3170. The molecule has 5 nitrogen and oxygen atoms in total. The average Bonchev–Trinajstić information content (AvgIpc) is 3.28. The summed E-state index contributed by atoms with van der Waals surface area (Å²) in [4.78, 5) is 31.2. The van der Waals surface area contributed by atoms with Crippen molar-refractivity contribution >= 4 is 44.3 Å². The molecule has 10 aromatic rings. The molecule has 0 bridgehead atoms. The molecule has 0 radical (unpaired) electrons. The van der Waals surface area contributed by atoms with E-state index in [1.54, 1.807) is 10.6 Å². The molecule has 8 aromatic carbocycles. The SMILES string of the molecule is O=c1c2ccccc2c(-c2ccccc2)c2c3ccccc3n(-c3ccc(-c4ccc(N(c5ccccc5)c5ccc(-c6ccccc6)cc5)cc4)cc3)c(=O)n12. The number of para-hydroxylation sites is 2. The van der Waals surface area contributed by atoms with E-state index in [0.29, 0.717) is 16.6 Å². The minimum Gasteiger partial charge on any atom is -0.311 e. The van der Waals surface area contributed by atoms with E-state index >= 15 is 0 Å². The smallest absolute Gasteiger partial charge is 0.311 e. The van der Waals surface area contributed by atoms with E-state index in [4.69, 9.17) is 0 Å². The second-order valence-corrected chi connectivity index (χ2v) is 14.1. The molecule has 270 valence electrons. The molecule has 0 amide bonds. The van der Waals surface area contributed by atoms with E-state index in [9.17, 15) is 9.59 Å². The molecule has 0 fully saturated rings. The predicted octanol–water partition coefficient (Wildman–Crippen LogP) is 12.2. The maximum atomic E-state index is 14.7. The van der Waals surface area contributed by atoms with Gasteiger partial charge in [-0.1, -0.05) is 152 Å². The summed E-state index contributed by atoms with van der Waals surface area (Å²) in [6, 6.07) is 71.4. The molecule has 0 aliphatic rings. The van der Waals surface area contributed by atoms with Gasteiger partial charge in [-0.3, -0.25) is 9.36 Å². The van der Waals surface area contributed by atoms with E-state index in [0.717, 1.165) is 55.6 Å². The summed E-state index contributed by atoms with van der Waals surface area (Å²) >= 11 is 0. The summed E-state index contributed by atoms with van der Waals surface area (Å²) in [5, 5.41) is 2.14. The van der Waals surface area contributed by atoms with Gasteiger partial charge in [0.15, 0.2) is 0 Å². The molecular formula is C52H35N3O2. The molecule has 0 aliphatic heterocycles. The van der Waals surface area contributed by atoms with Crippen LogP contribution in [-0.4, -0.2) is 8.97 Å². The number of hydrogen-bond acceptors (Lipinski definition) is 3. The fraction of sp³-hybridized carbons (Fsp3) is 0. The largest absolute Gasteiger partial charge is 0.340 e. The van der Waals surface area contributed by atoms with Gasteiger partial charge in [0.1, 0.15) is 0 Å². The first-order valence-electron chi connectivity index (χ1n) is 19.0. The number of pyridine rings is 1. The van der Waals surface area contributed by atoms with Gasteiger partial charge in [-0.25, -0.2) is 9.20 Å². The van der Waals surface area contributed by atoms with Crippen molar-refractivity contribution in [3.63, 3.8) is 0 Å². The zero-order chi connectivity index (χ0) is 38.3. The molecule has 0 saturated heterocycles. The Kier molecular flexibility index (Phi) is 8.38. The second-order valence-electron chi connectivity index (χ2n) is 14.1. The molecule has 2 heterocycles. The highest BCUT2D eigenvalue weighted by Gasteiger charge is 2.21. The van der Waals surface area contributed by atoms with Gasteiger partial charge in [-0.2, -0.15) is 0 Å². The van der Waals surface area contributed by atoms with Crippen LogP contribution in [-0.2, 0) is 0 Å². The summed E-state index contributed by atoms with van der Waals surface area (Å²) in [7, 11) is 0. The zero-order valence-electron chi connectivity index (χ0n) is 30.9. The zero-order valence-corrected chi connectivity index (χ0v) is 30.9. The topological polar surface area (TPSA) is 46.7 Å². The Labute approximate surface area is 329 Å². The quantitative estimate of drug-likeness (QED) is 0.121. The van der Waals surface area contributed by atoms with Crippen molar-refractivity contribution in [3.05, 3.63) is 233 Å². The molecule has 10 rings (SSSR count). The van der Waals surface area contributed by atoms with Crippen LogP contribution in [0.2, 0.25) is 0 Å². The number of anilines is 3. The number of benzene rings is 8. The van der Waals surface area contributed by atoms with Gasteiger partial charge in [0, 0.05) is 33.4 Å². The van der Waals surface area contributed by atoms with Gasteiger partial charge < -0.3 is 4.90 Å². The maximum Gasteiger partial charge on any atom is 0.340 e. The highest BCUT2D eigenvalue weighted by atomic mass is 16.2. The van der Waals surface area contributed by atoms with Gasteiger partial charge in [-0.15, -0.1) is 0 Å². The Morgan fingerprint density at radius 3 is 1.35 bits per heavy atom. The Morgan fingerprint density at radius 2 is 0.772 bits per heavy atom. The third kappa shape index (κ3) is 5.90. The lowest BCUT2D eigenvalue weighted by molar-refractivity contribution is 0.897. The van der Waals surface area contributed by atoms with Crippen molar-refractivity contribution in [2.24, 2.45) is 0 Å². The van der Waals surface area contributed by atoms with Gasteiger partial charge >= 0.3 is 5.69 Å². The number of hydrogen-bond donors (Lipinski definition) is 0. The molecule has 57 heavy (non-hydrogen) atoms. The summed E-state index contributed by atoms with van der Waals surface area (Å²) in [6.45, 7) is 0. The third-order valence-electron chi connectivity index (χ3n) is 10.8. The van der Waals surface area contributed by atoms with Crippen molar-refractivity contribution in [1.29, 1.82) is 0 Å². The molecule has 5 heteroatoms. The normalized spacial score (nSPS) is 11.3. The lowest BCUT2D eigenvalue weighted by Crippen LogP contribution is -2.34. The van der Waals surface area contributed by atoms with Crippen LogP contribution in [0.3, 0.4) is 0 Å². The predicted molar refractivity (Wildman–Crippen MR) is 235 cm³/mol. The minimum absolute atomic E-state index is 0.335. The van der Waals surface area contributed by atoms with Crippen molar-refractivity contribution in [3.8, 4) is 39.1 Å². The highest BCUT2D eigenvalue weighted by Crippen LogP contribution is 2.38. The second kappa shape index (κ2) is 14.1. The Hall–Kier alpha value is -7.76. The molecular weight excluding hydrogens is 699 g/mol. The molecule has 2 aromatic heterocycles. The molecule has 0 aliphatic carbocycles.